The molecule has 1 spiro atoms. The molecule has 29 heavy (non-hydrogen) atoms. The van der Waals surface area contributed by atoms with Crippen LogP contribution in [0.5, 0.6) is 0 Å². The summed E-state index contributed by atoms with van der Waals surface area (Å²) in [5, 5.41) is 3.51. The van der Waals surface area contributed by atoms with E-state index in [1.54, 1.807) is 9.80 Å². The minimum Gasteiger partial charge on any atom is -0.480 e. The predicted octanol–water partition coefficient (Wildman–Crippen LogP) is 0.463. The van der Waals surface area contributed by atoms with Crippen LogP contribution in [0.3, 0.4) is 0 Å². The number of carbonyl (C=O) groups is 3. The third-order valence-electron chi connectivity index (χ3n) is 5.89. The molecule has 1 aromatic carbocycles. The third kappa shape index (κ3) is 3.52. The van der Waals surface area contributed by atoms with Gasteiger partial charge in [0.15, 0.2) is 0 Å². The number of likely N-dealkylation sites (tertiary alicyclic amines) is 1. The van der Waals surface area contributed by atoms with Gasteiger partial charge in [0, 0.05) is 32.0 Å². The van der Waals surface area contributed by atoms with E-state index < -0.39 is 11.8 Å². The molecule has 3 heterocycles. The number of hydrogen-bond donors (Lipinski definition) is 1. The van der Waals surface area contributed by atoms with E-state index in [4.69, 9.17) is 11.2 Å². The first-order valence-corrected chi connectivity index (χ1v) is 9.75. The lowest BCUT2D eigenvalue weighted by Gasteiger charge is -2.44. The lowest BCUT2D eigenvalue weighted by Crippen LogP contribution is -2.60. The minimum atomic E-state index is -1.07. The Morgan fingerprint density at radius 3 is 2.59 bits per heavy atom. The van der Waals surface area contributed by atoms with Crippen molar-refractivity contribution in [3.05, 3.63) is 48.2 Å². The van der Waals surface area contributed by atoms with Gasteiger partial charge in [0.2, 0.25) is 17.8 Å². The highest BCUT2D eigenvalue weighted by Crippen LogP contribution is 2.33. The van der Waals surface area contributed by atoms with E-state index in [9.17, 15) is 14.4 Å². The lowest BCUT2D eigenvalue weighted by molar-refractivity contribution is -0.146. The molecule has 2 atom stereocenters. The number of rotatable bonds is 4. The molecule has 0 radical (unpaired) electrons. The Kier molecular flexibility index (Phi) is 5.12. The normalized spacial score (nSPS) is 25.3. The summed E-state index contributed by atoms with van der Waals surface area (Å²) in [4.78, 5) is 40.8. The van der Waals surface area contributed by atoms with Crippen LogP contribution >= 0.6 is 0 Å². The molecule has 1 N–H and O–H groups in total. The number of amides is 2. The molecule has 2 saturated heterocycles. The summed E-state index contributed by atoms with van der Waals surface area (Å²) in [5.74, 6) is 1.92. The highest BCUT2D eigenvalue weighted by molar-refractivity contribution is 6.10. The largest absolute Gasteiger partial charge is 0.480 e. The summed E-state index contributed by atoms with van der Waals surface area (Å²) in [6.07, 6.45) is 8.67. The number of nitrogens with one attached hydrogen (secondary N) is 1. The SMILES string of the molecule is C#CCN1C(=O)C(Cc2ccccc2)NC12CCN(C(=O)C1OC=CC1=O)CC2. The molecular weight excluding hydrogens is 370 g/mol. The standard InChI is InChI=1S/C22H23N3O4/c1-2-11-25-20(27)17(15-16-6-4-3-5-7-16)23-22(25)9-12-24(13-10-22)21(28)19-18(26)8-14-29-19/h1,3-8,14,17,19,23H,9-13,15H2. The van der Waals surface area contributed by atoms with E-state index in [2.05, 4.69) is 11.2 Å². The maximum Gasteiger partial charge on any atom is 0.271 e. The molecule has 3 aliphatic heterocycles. The minimum absolute atomic E-state index is 0.00918. The van der Waals surface area contributed by atoms with Crippen LogP contribution < -0.4 is 5.32 Å². The Balaban J connectivity index is 1.46. The highest BCUT2D eigenvalue weighted by Gasteiger charge is 2.52. The van der Waals surface area contributed by atoms with Crippen molar-refractivity contribution in [2.24, 2.45) is 0 Å². The number of ketones is 1. The number of terminal acetylenes is 1. The Morgan fingerprint density at radius 1 is 1.24 bits per heavy atom. The number of ether oxygens (including phenoxy) is 1. The molecule has 0 aliphatic carbocycles. The van der Waals surface area contributed by atoms with Crippen molar-refractivity contribution in [3.63, 3.8) is 0 Å². The third-order valence-corrected chi connectivity index (χ3v) is 5.89. The molecule has 2 amide bonds. The van der Waals surface area contributed by atoms with Crippen molar-refractivity contribution in [1.29, 1.82) is 0 Å². The number of carbonyl (C=O) groups excluding carboxylic acids is 3. The second-order valence-electron chi connectivity index (χ2n) is 7.59. The van der Waals surface area contributed by atoms with Gasteiger partial charge in [-0.2, -0.15) is 0 Å². The summed E-state index contributed by atoms with van der Waals surface area (Å²) in [5.41, 5.74) is 0.506. The second kappa shape index (κ2) is 7.72. The fourth-order valence-corrected chi connectivity index (χ4v) is 4.37. The Labute approximate surface area is 169 Å². The molecule has 2 fully saturated rings. The molecule has 4 rings (SSSR count). The topological polar surface area (TPSA) is 79.0 Å². The van der Waals surface area contributed by atoms with Gasteiger partial charge in [0.25, 0.3) is 5.91 Å². The van der Waals surface area contributed by atoms with Crippen LogP contribution in [0.15, 0.2) is 42.7 Å². The fourth-order valence-electron chi connectivity index (χ4n) is 4.37. The van der Waals surface area contributed by atoms with E-state index in [0.29, 0.717) is 32.4 Å². The van der Waals surface area contributed by atoms with Crippen LogP contribution in [-0.2, 0) is 25.5 Å². The first-order chi connectivity index (χ1) is 14.0. The summed E-state index contributed by atoms with van der Waals surface area (Å²) in [6.45, 7) is 1.07. The van der Waals surface area contributed by atoms with Gasteiger partial charge in [-0.1, -0.05) is 36.3 Å². The Bertz CT molecular complexity index is 881. The van der Waals surface area contributed by atoms with Crippen molar-refractivity contribution in [2.75, 3.05) is 19.6 Å². The van der Waals surface area contributed by atoms with E-state index in [1.165, 1.54) is 12.3 Å². The molecular formula is C22H23N3O4. The van der Waals surface area contributed by atoms with Crippen LogP contribution in [0.4, 0.5) is 0 Å². The maximum atomic E-state index is 13.1. The van der Waals surface area contributed by atoms with Crippen LogP contribution in [0.2, 0.25) is 0 Å². The number of nitrogens with zero attached hydrogens (tertiary/aromatic N) is 2. The van der Waals surface area contributed by atoms with Gasteiger partial charge in [-0.3, -0.25) is 19.7 Å². The molecule has 150 valence electrons. The average Bonchev–Trinajstić information content (AvgIpc) is 3.26. The number of hydrogen-bond acceptors (Lipinski definition) is 5. The zero-order chi connectivity index (χ0) is 20.4. The van der Waals surface area contributed by atoms with Crippen LogP contribution in [0, 0.1) is 12.3 Å². The predicted molar refractivity (Wildman–Crippen MR) is 105 cm³/mol. The van der Waals surface area contributed by atoms with Crippen molar-refractivity contribution in [1.82, 2.24) is 15.1 Å². The van der Waals surface area contributed by atoms with Crippen LogP contribution in [0.25, 0.3) is 0 Å². The molecule has 0 saturated carbocycles. The number of benzene rings is 1. The first kappa shape index (κ1) is 19.2. The van der Waals surface area contributed by atoms with Crippen LogP contribution in [0.1, 0.15) is 18.4 Å². The van der Waals surface area contributed by atoms with Crippen LogP contribution in [-0.4, -0.2) is 64.8 Å². The second-order valence-corrected chi connectivity index (χ2v) is 7.59. The van der Waals surface area contributed by atoms with E-state index in [0.717, 1.165) is 5.56 Å². The summed E-state index contributed by atoms with van der Waals surface area (Å²) >= 11 is 0. The zero-order valence-electron chi connectivity index (χ0n) is 16.0. The van der Waals surface area contributed by atoms with Gasteiger partial charge in [-0.25, -0.2) is 0 Å². The van der Waals surface area contributed by atoms with E-state index in [1.807, 2.05) is 30.3 Å². The molecule has 3 aliphatic rings. The molecule has 7 heteroatoms. The molecule has 1 aromatic rings. The Hall–Kier alpha value is -3.11. The number of piperidine rings is 1. The molecule has 0 bridgehead atoms. The van der Waals surface area contributed by atoms with Gasteiger partial charge in [-0.05, 0) is 12.0 Å². The van der Waals surface area contributed by atoms with Crippen molar-refractivity contribution in [3.8, 4) is 12.3 Å². The van der Waals surface area contributed by atoms with Gasteiger partial charge in [0.05, 0.1) is 24.5 Å². The van der Waals surface area contributed by atoms with Crippen molar-refractivity contribution in [2.45, 2.75) is 37.1 Å². The smallest absolute Gasteiger partial charge is 0.271 e. The molecule has 0 aromatic heterocycles. The summed E-state index contributed by atoms with van der Waals surface area (Å²) in [6, 6.07) is 9.50. The van der Waals surface area contributed by atoms with E-state index in [-0.39, 0.29) is 30.2 Å². The average molecular weight is 393 g/mol. The first-order valence-electron chi connectivity index (χ1n) is 9.75. The molecule has 7 nitrogen and oxygen atoms in total. The summed E-state index contributed by atoms with van der Waals surface area (Å²) in [7, 11) is 0. The zero-order valence-corrected chi connectivity index (χ0v) is 16.0. The van der Waals surface area contributed by atoms with Gasteiger partial charge in [0.1, 0.15) is 0 Å². The lowest BCUT2D eigenvalue weighted by atomic mass is 9.95. The van der Waals surface area contributed by atoms with Gasteiger partial charge < -0.3 is 14.5 Å². The van der Waals surface area contributed by atoms with E-state index >= 15 is 0 Å². The quantitative estimate of drug-likeness (QED) is 0.594. The highest BCUT2D eigenvalue weighted by atomic mass is 16.5. The monoisotopic (exact) mass is 393 g/mol. The molecule has 2 unspecified atom stereocenters. The van der Waals surface area contributed by atoms with Gasteiger partial charge >= 0.3 is 0 Å². The Morgan fingerprint density at radius 2 is 1.97 bits per heavy atom. The maximum absolute atomic E-state index is 13.1. The van der Waals surface area contributed by atoms with Crippen molar-refractivity contribution >= 4 is 17.6 Å². The van der Waals surface area contributed by atoms with Crippen molar-refractivity contribution < 1.29 is 19.1 Å². The fraction of sp³-hybridized carbons (Fsp3) is 0.409. The summed E-state index contributed by atoms with van der Waals surface area (Å²) < 4.78 is 5.13. The van der Waals surface area contributed by atoms with Gasteiger partial charge in [-0.15, -0.1) is 6.42 Å².